The van der Waals surface area contributed by atoms with Gasteiger partial charge in [-0.3, -0.25) is 0 Å². The van der Waals surface area contributed by atoms with E-state index < -0.39 is 6.17 Å². The van der Waals surface area contributed by atoms with Crippen LogP contribution < -0.4 is 0 Å². The summed E-state index contributed by atoms with van der Waals surface area (Å²) in [5.74, 6) is 0.640. The maximum absolute atomic E-state index is 14.2. The molecule has 1 aromatic heterocycles. The van der Waals surface area contributed by atoms with Crippen LogP contribution in [0.1, 0.15) is 96.0 Å². The molecule has 30 heavy (non-hydrogen) atoms. The van der Waals surface area contributed by atoms with E-state index in [1.54, 1.807) is 0 Å². The minimum atomic E-state index is -0.705. The number of halogens is 1. The van der Waals surface area contributed by atoms with E-state index in [1.165, 1.54) is 70.2 Å². The predicted octanol–water partition coefficient (Wildman–Crippen LogP) is 7.82. The molecule has 0 unspecified atom stereocenters. The molecule has 0 fully saturated rings. The highest BCUT2D eigenvalue weighted by Crippen LogP contribution is 2.19. The smallest absolute Gasteiger partial charge is 0.159 e. The monoisotopic (exact) mass is 414 g/mol. The zero-order chi connectivity index (χ0) is 21.4. The van der Waals surface area contributed by atoms with Gasteiger partial charge in [-0.1, -0.05) is 102 Å². The average molecular weight is 415 g/mol. The molecule has 1 N–H and O–H groups in total. The molecule has 0 aliphatic rings. The largest absolute Gasteiger partial charge is 0.505 e. The van der Waals surface area contributed by atoms with Gasteiger partial charge in [-0.15, -0.1) is 0 Å². The van der Waals surface area contributed by atoms with Crippen molar-refractivity contribution in [3.05, 3.63) is 42.2 Å². The molecule has 4 heteroatoms. The van der Waals surface area contributed by atoms with Crippen molar-refractivity contribution >= 4 is 0 Å². The molecule has 0 aliphatic heterocycles. The lowest BCUT2D eigenvalue weighted by Gasteiger charge is -2.09. The molecular formula is C26H39FN2O. The van der Waals surface area contributed by atoms with Crippen LogP contribution in [0.15, 0.2) is 36.7 Å². The predicted molar refractivity (Wildman–Crippen MR) is 123 cm³/mol. The lowest BCUT2D eigenvalue weighted by molar-refractivity contribution is 0.287. The SMILES string of the molecule is CCCCCCCCCCCCC[C@@H](F)CCc1ccc(-c2ncc(O)cn2)cc1. The van der Waals surface area contributed by atoms with E-state index in [9.17, 15) is 9.50 Å². The number of hydrogen-bond donors (Lipinski definition) is 1. The number of nitrogens with zero attached hydrogens (tertiary/aromatic N) is 2. The lowest BCUT2D eigenvalue weighted by Crippen LogP contribution is -2.02. The Hall–Kier alpha value is -1.97. The zero-order valence-corrected chi connectivity index (χ0v) is 18.7. The molecule has 166 valence electrons. The first-order valence-electron chi connectivity index (χ1n) is 11.9. The zero-order valence-electron chi connectivity index (χ0n) is 18.7. The maximum Gasteiger partial charge on any atom is 0.159 e. The minimum Gasteiger partial charge on any atom is -0.505 e. The number of aromatic hydroxyl groups is 1. The van der Waals surface area contributed by atoms with Crippen molar-refractivity contribution in [3.8, 4) is 17.1 Å². The summed E-state index contributed by atoms with van der Waals surface area (Å²) < 4.78 is 14.2. The van der Waals surface area contributed by atoms with Crippen molar-refractivity contribution in [2.45, 2.75) is 103 Å². The number of rotatable bonds is 16. The van der Waals surface area contributed by atoms with Crippen LogP contribution in [0.4, 0.5) is 4.39 Å². The number of hydrogen-bond acceptors (Lipinski definition) is 3. The van der Waals surface area contributed by atoms with Crippen molar-refractivity contribution in [2.24, 2.45) is 0 Å². The van der Waals surface area contributed by atoms with Gasteiger partial charge in [0, 0.05) is 5.56 Å². The summed E-state index contributed by atoms with van der Waals surface area (Å²) in [6.07, 6.45) is 18.4. The summed E-state index contributed by atoms with van der Waals surface area (Å²) in [5, 5.41) is 9.27. The number of alkyl halides is 1. The normalized spacial score (nSPS) is 12.2. The molecule has 0 saturated carbocycles. The van der Waals surface area contributed by atoms with Gasteiger partial charge in [-0.25, -0.2) is 14.4 Å². The fourth-order valence-electron chi connectivity index (χ4n) is 3.79. The molecule has 0 amide bonds. The second-order valence-electron chi connectivity index (χ2n) is 8.42. The summed E-state index contributed by atoms with van der Waals surface area (Å²) in [6.45, 7) is 2.26. The van der Waals surface area contributed by atoms with E-state index in [4.69, 9.17) is 0 Å². The van der Waals surface area contributed by atoms with Gasteiger partial charge in [0.25, 0.3) is 0 Å². The van der Waals surface area contributed by atoms with Crippen LogP contribution in [0.2, 0.25) is 0 Å². The van der Waals surface area contributed by atoms with Gasteiger partial charge < -0.3 is 5.11 Å². The van der Waals surface area contributed by atoms with Crippen LogP contribution in [0.3, 0.4) is 0 Å². The first-order valence-corrected chi connectivity index (χ1v) is 11.9. The van der Waals surface area contributed by atoms with Crippen LogP contribution in [-0.4, -0.2) is 21.2 Å². The molecule has 3 nitrogen and oxygen atoms in total. The highest BCUT2D eigenvalue weighted by Gasteiger charge is 2.07. The standard InChI is InChI=1S/C26H39FN2O/c1-2-3-4-5-6-7-8-9-10-11-12-13-24(27)19-16-22-14-17-23(18-15-22)26-28-20-25(30)21-29-26/h14-15,17-18,20-21,24,30H,2-13,16,19H2,1H3/t24-/m1/s1. The molecule has 0 spiro atoms. The molecule has 1 atom stereocenters. The maximum atomic E-state index is 14.2. The number of aromatic nitrogens is 2. The number of aryl methyl sites for hydroxylation is 1. The Morgan fingerprint density at radius 1 is 0.767 bits per heavy atom. The molecular weight excluding hydrogens is 375 g/mol. The first kappa shape index (κ1) is 24.3. The summed E-state index contributed by atoms with van der Waals surface area (Å²) in [7, 11) is 0. The Morgan fingerprint density at radius 2 is 1.30 bits per heavy atom. The minimum absolute atomic E-state index is 0.0576. The third-order valence-electron chi connectivity index (χ3n) is 5.72. The quantitative estimate of drug-likeness (QED) is 0.285. The highest BCUT2D eigenvalue weighted by atomic mass is 19.1. The number of unbranched alkanes of at least 4 members (excludes halogenated alkanes) is 10. The Kier molecular flexibility index (Phi) is 12.1. The van der Waals surface area contributed by atoms with Crippen LogP contribution >= 0.6 is 0 Å². The van der Waals surface area contributed by atoms with E-state index in [0.717, 1.165) is 30.4 Å². The third-order valence-corrected chi connectivity index (χ3v) is 5.72. The van der Waals surface area contributed by atoms with Gasteiger partial charge >= 0.3 is 0 Å². The molecule has 1 heterocycles. The molecule has 0 aliphatic carbocycles. The summed E-state index contributed by atoms with van der Waals surface area (Å²) in [4.78, 5) is 8.22. The van der Waals surface area contributed by atoms with Gasteiger partial charge in [0.05, 0.1) is 12.4 Å². The van der Waals surface area contributed by atoms with E-state index in [2.05, 4.69) is 16.9 Å². The average Bonchev–Trinajstić information content (AvgIpc) is 2.77. The van der Waals surface area contributed by atoms with Crippen LogP contribution in [0.5, 0.6) is 5.75 Å². The molecule has 2 rings (SSSR count). The summed E-state index contributed by atoms with van der Waals surface area (Å²) >= 11 is 0. The highest BCUT2D eigenvalue weighted by molar-refractivity contribution is 5.55. The molecule has 0 bridgehead atoms. The van der Waals surface area contributed by atoms with E-state index >= 15 is 0 Å². The lowest BCUT2D eigenvalue weighted by atomic mass is 10.0. The van der Waals surface area contributed by atoms with Crippen molar-refractivity contribution in [1.82, 2.24) is 9.97 Å². The Labute approximate surface area is 182 Å². The van der Waals surface area contributed by atoms with Crippen molar-refractivity contribution in [2.75, 3.05) is 0 Å². The van der Waals surface area contributed by atoms with E-state index in [-0.39, 0.29) is 5.75 Å². The van der Waals surface area contributed by atoms with Crippen molar-refractivity contribution < 1.29 is 9.50 Å². The van der Waals surface area contributed by atoms with Crippen LogP contribution in [0, 0.1) is 0 Å². The first-order chi connectivity index (χ1) is 14.7. The summed E-state index contributed by atoms with van der Waals surface area (Å²) in [5.41, 5.74) is 2.04. The van der Waals surface area contributed by atoms with Crippen molar-refractivity contribution in [1.29, 1.82) is 0 Å². The molecule has 0 saturated heterocycles. The van der Waals surface area contributed by atoms with Gasteiger partial charge in [-0.05, 0) is 24.8 Å². The van der Waals surface area contributed by atoms with Gasteiger partial charge in [0.15, 0.2) is 11.6 Å². The molecule has 1 aromatic carbocycles. The fourth-order valence-corrected chi connectivity index (χ4v) is 3.79. The van der Waals surface area contributed by atoms with Gasteiger partial charge in [0.1, 0.15) is 6.17 Å². The summed E-state index contributed by atoms with van der Waals surface area (Å²) in [6, 6.07) is 7.94. The Bertz CT molecular complexity index is 672. The van der Waals surface area contributed by atoms with Gasteiger partial charge in [0.2, 0.25) is 0 Å². The van der Waals surface area contributed by atoms with E-state index in [1.807, 2.05) is 24.3 Å². The third kappa shape index (κ3) is 10.2. The van der Waals surface area contributed by atoms with E-state index in [0.29, 0.717) is 18.7 Å². The van der Waals surface area contributed by atoms with Crippen molar-refractivity contribution in [3.63, 3.8) is 0 Å². The fraction of sp³-hybridized carbons (Fsp3) is 0.615. The second kappa shape index (κ2) is 14.9. The number of benzene rings is 1. The molecule has 0 radical (unpaired) electrons. The van der Waals surface area contributed by atoms with Gasteiger partial charge in [-0.2, -0.15) is 0 Å². The Morgan fingerprint density at radius 3 is 1.87 bits per heavy atom. The second-order valence-corrected chi connectivity index (χ2v) is 8.42. The molecule has 2 aromatic rings. The Balaban J connectivity index is 1.50. The van der Waals surface area contributed by atoms with Crippen LogP contribution in [0.25, 0.3) is 11.4 Å². The topological polar surface area (TPSA) is 46.0 Å². The van der Waals surface area contributed by atoms with Crippen LogP contribution in [-0.2, 0) is 6.42 Å².